The Kier molecular flexibility index (Phi) is 6.03. The van der Waals surface area contributed by atoms with Crippen molar-refractivity contribution in [2.75, 3.05) is 32.6 Å². The van der Waals surface area contributed by atoms with E-state index in [1.807, 2.05) is 4.90 Å². The zero-order valence-electron chi connectivity index (χ0n) is 14.2. The Morgan fingerprint density at radius 2 is 2.00 bits per heavy atom. The van der Waals surface area contributed by atoms with Gasteiger partial charge in [-0.25, -0.2) is 0 Å². The number of hydrogen-bond donors (Lipinski definition) is 2. The molecule has 1 aromatic carbocycles. The second kappa shape index (κ2) is 8.01. The summed E-state index contributed by atoms with van der Waals surface area (Å²) in [7, 11) is 3.08. The number of methoxy groups -OCH3 is 2. The van der Waals surface area contributed by atoms with Crippen LogP contribution in [0.5, 0.6) is 11.5 Å². The van der Waals surface area contributed by atoms with Crippen molar-refractivity contribution < 1.29 is 24.2 Å². The molecule has 2 N–H and O–H groups in total. The Morgan fingerprint density at radius 3 is 2.62 bits per heavy atom. The van der Waals surface area contributed by atoms with Gasteiger partial charge in [0.15, 0.2) is 11.5 Å². The largest absolute Gasteiger partial charge is 0.493 e. The number of likely N-dealkylation sites (tertiary alicyclic amines) is 1. The fraction of sp³-hybridized carbons (Fsp3) is 0.529. The highest BCUT2D eigenvalue weighted by atomic mass is 16.5. The molecular formula is C17H24N2O5. The first-order valence-electron chi connectivity index (χ1n) is 7.96. The summed E-state index contributed by atoms with van der Waals surface area (Å²) in [5, 5.41) is 12.0. The molecule has 0 spiro atoms. The monoisotopic (exact) mass is 336 g/mol. The lowest BCUT2D eigenvalue weighted by Gasteiger charge is -2.34. The summed E-state index contributed by atoms with van der Waals surface area (Å²) in [5.74, 6) is -0.258. The van der Waals surface area contributed by atoms with Crippen LogP contribution in [0.4, 0.5) is 5.69 Å². The smallest absolute Gasteiger partial charge is 0.307 e. The molecule has 7 heteroatoms. The number of anilines is 1. The molecule has 2 atom stereocenters. The van der Waals surface area contributed by atoms with Gasteiger partial charge in [0.1, 0.15) is 0 Å². The van der Waals surface area contributed by atoms with Crippen LogP contribution < -0.4 is 14.8 Å². The quantitative estimate of drug-likeness (QED) is 0.824. The molecule has 0 radical (unpaired) electrons. The van der Waals surface area contributed by atoms with E-state index in [1.54, 1.807) is 32.2 Å². The topological polar surface area (TPSA) is 88.1 Å². The van der Waals surface area contributed by atoms with Crippen LogP contribution in [-0.2, 0) is 9.59 Å². The number of nitrogens with one attached hydrogen (secondary N) is 1. The van der Waals surface area contributed by atoms with Gasteiger partial charge in [0.25, 0.3) is 0 Å². The number of benzene rings is 1. The third-order valence-corrected chi connectivity index (χ3v) is 4.38. The van der Waals surface area contributed by atoms with E-state index in [0.29, 0.717) is 30.2 Å². The van der Waals surface area contributed by atoms with E-state index in [-0.39, 0.29) is 5.91 Å². The molecule has 0 bridgehead atoms. The van der Waals surface area contributed by atoms with Gasteiger partial charge >= 0.3 is 5.97 Å². The van der Waals surface area contributed by atoms with Crippen LogP contribution in [0.25, 0.3) is 0 Å². The summed E-state index contributed by atoms with van der Waals surface area (Å²) in [5.41, 5.74) is 0.608. The number of piperidine rings is 1. The number of carboxylic acids is 1. The number of aliphatic carboxylic acids is 1. The molecule has 1 saturated heterocycles. The number of amides is 1. The second-order valence-corrected chi connectivity index (χ2v) is 5.91. The first-order valence-corrected chi connectivity index (χ1v) is 7.96. The van der Waals surface area contributed by atoms with E-state index in [0.717, 1.165) is 13.0 Å². The molecule has 0 aliphatic carbocycles. The van der Waals surface area contributed by atoms with Crippen LogP contribution in [-0.4, -0.2) is 55.2 Å². The van der Waals surface area contributed by atoms with Gasteiger partial charge in [0.2, 0.25) is 5.91 Å². The molecule has 1 aliphatic heterocycles. The highest BCUT2D eigenvalue weighted by molar-refractivity contribution is 5.94. The third-order valence-electron chi connectivity index (χ3n) is 4.38. The third kappa shape index (κ3) is 4.17. The lowest BCUT2D eigenvalue weighted by molar-refractivity contribution is -0.144. The summed E-state index contributed by atoms with van der Waals surface area (Å²) < 4.78 is 10.4. The van der Waals surface area contributed by atoms with Crippen molar-refractivity contribution in [3.05, 3.63) is 18.2 Å². The molecule has 2 rings (SSSR count). The highest BCUT2D eigenvalue weighted by Crippen LogP contribution is 2.30. The van der Waals surface area contributed by atoms with E-state index in [4.69, 9.17) is 14.6 Å². The van der Waals surface area contributed by atoms with Crippen LogP contribution in [0.3, 0.4) is 0 Å². The Bertz CT molecular complexity index is 605. The molecular weight excluding hydrogens is 312 g/mol. The molecule has 1 amide bonds. The molecule has 0 saturated carbocycles. The van der Waals surface area contributed by atoms with Crippen molar-refractivity contribution in [1.29, 1.82) is 0 Å². The maximum absolute atomic E-state index is 12.5. The lowest BCUT2D eigenvalue weighted by Crippen LogP contribution is -2.48. The van der Waals surface area contributed by atoms with Crippen LogP contribution in [0, 0.1) is 5.92 Å². The zero-order chi connectivity index (χ0) is 17.7. The van der Waals surface area contributed by atoms with Gasteiger partial charge in [-0.3, -0.25) is 14.5 Å². The molecule has 0 aromatic heterocycles. The molecule has 24 heavy (non-hydrogen) atoms. The number of carboxylic acid groups (broad SMARTS) is 1. The van der Waals surface area contributed by atoms with E-state index in [1.165, 1.54) is 7.11 Å². The zero-order valence-corrected chi connectivity index (χ0v) is 14.2. The van der Waals surface area contributed by atoms with Gasteiger partial charge in [-0.2, -0.15) is 0 Å². The van der Waals surface area contributed by atoms with E-state index >= 15 is 0 Å². The van der Waals surface area contributed by atoms with Gasteiger partial charge in [-0.1, -0.05) is 0 Å². The van der Waals surface area contributed by atoms with Crippen molar-refractivity contribution >= 4 is 17.6 Å². The predicted octanol–water partition coefficient (Wildman–Crippen LogP) is 1.83. The van der Waals surface area contributed by atoms with Crippen LogP contribution >= 0.6 is 0 Å². The number of rotatable bonds is 6. The van der Waals surface area contributed by atoms with Crippen molar-refractivity contribution in [3.8, 4) is 11.5 Å². The van der Waals surface area contributed by atoms with Gasteiger partial charge in [0.05, 0.1) is 26.2 Å². The Morgan fingerprint density at radius 1 is 1.29 bits per heavy atom. The molecule has 7 nitrogen and oxygen atoms in total. The maximum atomic E-state index is 12.5. The number of hydrogen-bond acceptors (Lipinski definition) is 5. The highest BCUT2D eigenvalue weighted by Gasteiger charge is 2.30. The summed E-state index contributed by atoms with van der Waals surface area (Å²) >= 11 is 0. The number of ether oxygens (including phenoxy) is 2. The van der Waals surface area contributed by atoms with Crippen molar-refractivity contribution in [3.63, 3.8) is 0 Å². The lowest BCUT2D eigenvalue weighted by atomic mass is 9.97. The first kappa shape index (κ1) is 18.1. The van der Waals surface area contributed by atoms with Crippen LogP contribution in [0.1, 0.15) is 19.8 Å². The summed E-state index contributed by atoms with van der Waals surface area (Å²) in [4.78, 5) is 25.5. The van der Waals surface area contributed by atoms with Gasteiger partial charge in [0, 0.05) is 18.3 Å². The predicted molar refractivity (Wildman–Crippen MR) is 89.6 cm³/mol. The van der Waals surface area contributed by atoms with E-state index in [2.05, 4.69) is 5.32 Å². The molecule has 1 fully saturated rings. The molecule has 132 valence electrons. The Labute approximate surface area is 141 Å². The average molecular weight is 336 g/mol. The second-order valence-electron chi connectivity index (χ2n) is 5.91. The SMILES string of the molecule is COc1ccc(NC(=O)C(C)N2CCCC(C(=O)O)C2)cc1OC. The molecule has 1 heterocycles. The minimum atomic E-state index is -0.799. The number of nitrogens with zero attached hydrogens (tertiary/aromatic N) is 1. The molecule has 2 unspecified atom stereocenters. The number of carbonyl (C=O) groups excluding carboxylic acids is 1. The van der Waals surface area contributed by atoms with Gasteiger partial charge in [-0.15, -0.1) is 0 Å². The van der Waals surface area contributed by atoms with Crippen LogP contribution in [0.15, 0.2) is 18.2 Å². The van der Waals surface area contributed by atoms with E-state index in [9.17, 15) is 9.59 Å². The minimum Gasteiger partial charge on any atom is -0.493 e. The fourth-order valence-electron chi connectivity index (χ4n) is 2.89. The molecule has 1 aliphatic rings. The van der Waals surface area contributed by atoms with Gasteiger partial charge < -0.3 is 19.9 Å². The standard InChI is InChI=1S/C17H24N2O5/c1-11(19-8-4-5-12(10-19)17(21)22)16(20)18-13-6-7-14(23-2)15(9-13)24-3/h6-7,9,11-12H,4-5,8,10H2,1-3H3,(H,18,20)(H,21,22). The fourth-order valence-corrected chi connectivity index (χ4v) is 2.89. The summed E-state index contributed by atoms with van der Waals surface area (Å²) in [6.45, 7) is 2.92. The number of carbonyl (C=O) groups is 2. The first-order chi connectivity index (χ1) is 11.5. The average Bonchev–Trinajstić information content (AvgIpc) is 2.60. The Balaban J connectivity index is 2.02. The van der Waals surface area contributed by atoms with Crippen molar-refractivity contribution in [2.24, 2.45) is 5.92 Å². The normalized spacial score (nSPS) is 19.4. The van der Waals surface area contributed by atoms with Crippen LogP contribution in [0.2, 0.25) is 0 Å². The van der Waals surface area contributed by atoms with Gasteiger partial charge in [-0.05, 0) is 38.4 Å². The van der Waals surface area contributed by atoms with Crippen molar-refractivity contribution in [2.45, 2.75) is 25.8 Å². The summed E-state index contributed by atoms with van der Waals surface area (Å²) in [6.07, 6.45) is 1.45. The summed E-state index contributed by atoms with van der Waals surface area (Å²) in [6, 6.07) is 4.75. The van der Waals surface area contributed by atoms with E-state index < -0.39 is 17.9 Å². The maximum Gasteiger partial charge on any atom is 0.307 e. The Hall–Kier alpha value is -2.28. The molecule has 1 aromatic rings. The minimum absolute atomic E-state index is 0.173. The van der Waals surface area contributed by atoms with Crippen molar-refractivity contribution in [1.82, 2.24) is 4.90 Å².